The van der Waals surface area contributed by atoms with E-state index in [1.807, 2.05) is 0 Å². The van der Waals surface area contributed by atoms with E-state index >= 15 is 0 Å². The van der Waals surface area contributed by atoms with Gasteiger partial charge in [0.15, 0.2) is 5.75 Å². The summed E-state index contributed by atoms with van der Waals surface area (Å²) in [7, 11) is 1.23. The Morgan fingerprint density at radius 1 is 1.02 bits per heavy atom. The molecule has 0 radical (unpaired) electrons. The second kappa shape index (κ2) is 12.0. The number of methoxy groups -OCH3 is 1. The molecule has 0 saturated heterocycles. The number of hydrogen-bond acceptors (Lipinski definition) is 6. The molecule has 4 rings (SSSR count). The van der Waals surface area contributed by atoms with Crippen LogP contribution in [-0.4, -0.2) is 28.5 Å². The fourth-order valence-corrected chi connectivity index (χ4v) is 4.31. The first-order valence-electron chi connectivity index (χ1n) is 11.6. The van der Waals surface area contributed by atoms with Crippen LogP contribution in [0.5, 0.6) is 11.5 Å². The third-order valence-electron chi connectivity index (χ3n) is 5.69. The predicted octanol–water partition coefficient (Wildman–Crippen LogP) is 6.45. The van der Waals surface area contributed by atoms with Gasteiger partial charge in [0.2, 0.25) is 5.91 Å². The van der Waals surface area contributed by atoms with Crippen LogP contribution in [0.4, 0.5) is 18.9 Å². The molecule has 0 aliphatic heterocycles. The van der Waals surface area contributed by atoms with Gasteiger partial charge in [-0.3, -0.25) is 19.0 Å². The molecule has 40 heavy (non-hydrogen) atoms. The van der Waals surface area contributed by atoms with Gasteiger partial charge >= 0.3 is 12.1 Å². The van der Waals surface area contributed by atoms with Gasteiger partial charge in [-0.15, -0.1) is 0 Å². The summed E-state index contributed by atoms with van der Waals surface area (Å²) < 4.78 is 50.6. The molecule has 1 heterocycles. The zero-order valence-electron chi connectivity index (χ0n) is 20.7. The zero-order valence-corrected chi connectivity index (χ0v) is 22.2. The predicted molar refractivity (Wildman–Crippen MR) is 143 cm³/mol. The van der Waals surface area contributed by atoms with Crippen molar-refractivity contribution in [1.29, 1.82) is 0 Å². The first kappa shape index (κ1) is 28.9. The summed E-state index contributed by atoms with van der Waals surface area (Å²) in [6.07, 6.45) is -3.43. The van der Waals surface area contributed by atoms with E-state index < -0.39 is 29.2 Å². The van der Waals surface area contributed by atoms with Crippen LogP contribution in [-0.2, 0) is 27.0 Å². The Morgan fingerprint density at radius 3 is 2.42 bits per heavy atom. The average molecular weight is 594 g/mol. The number of aromatic nitrogens is 2. The topological polar surface area (TPSA) is 99.5 Å². The molecule has 0 aliphatic rings. The number of carbonyl (C=O) groups is 2. The number of rotatable bonds is 8. The molecule has 1 aromatic heterocycles. The number of nitrogens with one attached hydrogen (secondary N) is 1. The molecule has 1 N–H and O–H groups in total. The number of halogens is 5. The first-order chi connectivity index (χ1) is 18.9. The third-order valence-corrected chi connectivity index (χ3v) is 6.25. The van der Waals surface area contributed by atoms with E-state index in [2.05, 4.69) is 15.0 Å². The number of alkyl halides is 3. The molecular formula is C27H20Cl2F3N3O5. The Labute approximate surface area is 235 Å². The molecule has 208 valence electrons. The van der Waals surface area contributed by atoms with Crippen molar-refractivity contribution in [3.05, 3.63) is 92.5 Å². The number of amides is 1. The van der Waals surface area contributed by atoms with E-state index in [0.717, 1.165) is 12.1 Å². The van der Waals surface area contributed by atoms with Gasteiger partial charge in [0.05, 0.1) is 52.9 Å². The molecule has 0 unspecified atom stereocenters. The molecule has 3 aromatic carbocycles. The number of nitrogens with zero attached hydrogens (tertiary/aromatic N) is 2. The van der Waals surface area contributed by atoms with Crippen molar-refractivity contribution in [3.63, 3.8) is 0 Å². The van der Waals surface area contributed by atoms with Crippen LogP contribution >= 0.6 is 23.2 Å². The highest BCUT2D eigenvalue weighted by molar-refractivity contribution is 6.37. The summed E-state index contributed by atoms with van der Waals surface area (Å²) in [4.78, 5) is 40.5. The standard InChI is InChI=1S/C27H20Cl2F3N3O5/c1-39-24(37)8-7-23(36)34-17-10-20(28)25(21(29)11-17)40-18-5-6-19-22(12-18)33-14-35(26(19)38)13-15-3-2-4-16(9-15)27(30,31)32/h2-6,9-12,14H,7-8,13H2,1H3,(H,34,36). The number of fused-ring (bicyclic) bond motifs is 1. The van der Waals surface area contributed by atoms with E-state index in [4.69, 9.17) is 27.9 Å². The molecule has 0 aliphatic carbocycles. The fraction of sp³-hybridized carbons (Fsp3) is 0.185. The van der Waals surface area contributed by atoms with Gasteiger partial charge in [0.1, 0.15) is 5.75 Å². The molecule has 8 nitrogen and oxygen atoms in total. The van der Waals surface area contributed by atoms with Crippen molar-refractivity contribution in [3.8, 4) is 11.5 Å². The van der Waals surface area contributed by atoms with Crippen molar-refractivity contribution < 1.29 is 32.2 Å². The number of carbonyl (C=O) groups excluding carboxylic acids is 2. The zero-order chi connectivity index (χ0) is 29.0. The number of anilines is 1. The lowest BCUT2D eigenvalue weighted by atomic mass is 10.1. The number of esters is 1. The Bertz CT molecular complexity index is 1630. The van der Waals surface area contributed by atoms with Crippen LogP contribution in [0.2, 0.25) is 10.0 Å². The largest absolute Gasteiger partial charge is 0.469 e. The van der Waals surface area contributed by atoms with Gasteiger partial charge in [0.25, 0.3) is 5.56 Å². The lowest BCUT2D eigenvalue weighted by molar-refractivity contribution is -0.141. The van der Waals surface area contributed by atoms with Crippen LogP contribution in [0.25, 0.3) is 10.9 Å². The highest BCUT2D eigenvalue weighted by Gasteiger charge is 2.30. The molecule has 0 fully saturated rings. The maximum Gasteiger partial charge on any atom is 0.416 e. The SMILES string of the molecule is COC(=O)CCC(=O)Nc1cc(Cl)c(Oc2ccc3c(=O)n(Cc4cccc(C(F)(F)F)c4)cnc3c2)c(Cl)c1. The minimum atomic E-state index is -4.50. The molecule has 13 heteroatoms. The smallest absolute Gasteiger partial charge is 0.416 e. The minimum absolute atomic E-state index is 0.0836. The summed E-state index contributed by atoms with van der Waals surface area (Å²) in [5, 5.41) is 2.98. The van der Waals surface area contributed by atoms with E-state index in [-0.39, 0.29) is 51.8 Å². The molecule has 1 amide bonds. The van der Waals surface area contributed by atoms with Crippen molar-refractivity contribution in [1.82, 2.24) is 9.55 Å². The number of ether oxygens (including phenoxy) is 2. The van der Waals surface area contributed by atoms with E-state index in [1.54, 1.807) is 0 Å². The highest BCUT2D eigenvalue weighted by Crippen LogP contribution is 2.39. The Hall–Kier alpha value is -4.09. The monoisotopic (exact) mass is 593 g/mol. The summed E-state index contributed by atoms with van der Waals surface area (Å²) in [6, 6.07) is 12.0. The Balaban J connectivity index is 1.51. The van der Waals surface area contributed by atoms with Crippen molar-refractivity contribution in [2.75, 3.05) is 12.4 Å². The van der Waals surface area contributed by atoms with Gasteiger partial charge in [-0.05, 0) is 42.0 Å². The fourth-order valence-electron chi connectivity index (χ4n) is 3.75. The average Bonchev–Trinajstić information content (AvgIpc) is 2.90. The summed E-state index contributed by atoms with van der Waals surface area (Å²) in [5.74, 6) is -0.609. The van der Waals surface area contributed by atoms with E-state index in [1.165, 1.54) is 60.5 Å². The summed E-state index contributed by atoms with van der Waals surface area (Å²) in [6.45, 7) is -0.0965. The number of hydrogen-bond donors (Lipinski definition) is 1. The van der Waals surface area contributed by atoms with Gasteiger partial charge in [0, 0.05) is 18.2 Å². The van der Waals surface area contributed by atoms with Crippen molar-refractivity contribution in [2.24, 2.45) is 0 Å². The van der Waals surface area contributed by atoms with Gasteiger partial charge in [-0.2, -0.15) is 13.2 Å². The van der Waals surface area contributed by atoms with E-state index in [9.17, 15) is 27.6 Å². The molecule has 0 spiro atoms. The van der Waals surface area contributed by atoms with Crippen LogP contribution in [0, 0.1) is 0 Å². The Morgan fingerprint density at radius 2 is 1.75 bits per heavy atom. The van der Waals surface area contributed by atoms with Crippen LogP contribution in [0.3, 0.4) is 0 Å². The normalized spacial score (nSPS) is 11.3. The lowest BCUT2D eigenvalue weighted by Crippen LogP contribution is -2.21. The molecule has 0 atom stereocenters. The third kappa shape index (κ3) is 6.91. The van der Waals surface area contributed by atoms with Gasteiger partial charge in [-0.25, -0.2) is 4.98 Å². The second-order valence-electron chi connectivity index (χ2n) is 8.55. The Kier molecular flexibility index (Phi) is 8.65. The lowest BCUT2D eigenvalue weighted by Gasteiger charge is -2.13. The minimum Gasteiger partial charge on any atom is -0.469 e. The molecular weight excluding hydrogens is 574 g/mol. The van der Waals surface area contributed by atoms with Crippen LogP contribution < -0.4 is 15.6 Å². The van der Waals surface area contributed by atoms with Crippen LogP contribution in [0.15, 0.2) is 65.7 Å². The maximum atomic E-state index is 13.0. The second-order valence-corrected chi connectivity index (χ2v) is 9.36. The van der Waals surface area contributed by atoms with Crippen molar-refractivity contribution >= 4 is 51.7 Å². The van der Waals surface area contributed by atoms with Gasteiger partial charge < -0.3 is 14.8 Å². The van der Waals surface area contributed by atoms with Crippen LogP contribution in [0.1, 0.15) is 24.0 Å². The summed E-state index contributed by atoms with van der Waals surface area (Å²) >= 11 is 12.6. The summed E-state index contributed by atoms with van der Waals surface area (Å²) in [5.41, 5.74) is -0.383. The molecule has 0 bridgehead atoms. The quantitative estimate of drug-likeness (QED) is 0.235. The molecule has 4 aromatic rings. The van der Waals surface area contributed by atoms with Gasteiger partial charge in [-0.1, -0.05) is 35.3 Å². The first-order valence-corrected chi connectivity index (χ1v) is 12.4. The van der Waals surface area contributed by atoms with E-state index in [0.29, 0.717) is 11.3 Å². The number of benzene rings is 3. The maximum absolute atomic E-state index is 13.0. The highest BCUT2D eigenvalue weighted by atomic mass is 35.5. The molecule has 0 saturated carbocycles. The van der Waals surface area contributed by atoms with Crippen molar-refractivity contribution in [2.45, 2.75) is 25.6 Å².